The minimum absolute atomic E-state index is 0.710. The largest absolute Gasteiger partial charge is 0.494 e. The monoisotopic (exact) mass is 358 g/mol. The van der Waals surface area contributed by atoms with E-state index in [1.807, 2.05) is 24.3 Å². The van der Waals surface area contributed by atoms with Crippen molar-refractivity contribution in [2.75, 3.05) is 40.8 Å². The van der Waals surface area contributed by atoms with Crippen molar-refractivity contribution in [1.29, 1.82) is 0 Å². The summed E-state index contributed by atoms with van der Waals surface area (Å²) in [6.45, 7) is 3.25. The molecule has 0 bridgehead atoms. The van der Waals surface area contributed by atoms with E-state index in [9.17, 15) is 0 Å². The number of nitrogens with one attached hydrogen (secondary N) is 2. The van der Waals surface area contributed by atoms with Gasteiger partial charge < -0.3 is 24.7 Å². The predicted molar refractivity (Wildman–Crippen MR) is 106 cm³/mol. The molecule has 142 valence electrons. The van der Waals surface area contributed by atoms with Crippen molar-refractivity contribution in [2.24, 2.45) is 4.99 Å². The summed E-state index contributed by atoms with van der Waals surface area (Å²) in [5, 5.41) is 6.59. The molecule has 0 fully saturated rings. The van der Waals surface area contributed by atoms with Crippen LogP contribution in [0.5, 0.6) is 5.75 Å². The van der Waals surface area contributed by atoms with Crippen LogP contribution in [0.1, 0.15) is 17.7 Å². The number of benzene rings is 1. The van der Waals surface area contributed by atoms with E-state index in [0.717, 1.165) is 50.0 Å². The van der Waals surface area contributed by atoms with Crippen LogP contribution in [-0.2, 0) is 13.0 Å². The van der Waals surface area contributed by atoms with Gasteiger partial charge >= 0.3 is 0 Å². The maximum atomic E-state index is 5.75. The molecule has 0 aliphatic carbocycles. The van der Waals surface area contributed by atoms with Gasteiger partial charge in [-0.2, -0.15) is 0 Å². The molecule has 0 unspecified atom stereocenters. The van der Waals surface area contributed by atoms with Crippen LogP contribution in [0.25, 0.3) is 0 Å². The molecular weight excluding hydrogens is 328 g/mol. The molecule has 6 nitrogen and oxygen atoms in total. The molecular formula is C20H30N4O2. The average molecular weight is 358 g/mol. The maximum Gasteiger partial charge on any atom is 0.191 e. The second kappa shape index (κ2) is 11.2. The summed E-state index contributed by atoms with van der Waals surface area (Å²) in [5.74, 6) is 2.66. The van der Waals surface area contributed by atoms with E-state index >= 15 is 0 Å². The lowest BCUT2D eigenvalue weighted by atomic mass is 10.2. The third-order valence-corrected chi connectivity index (χ3v) is 3.87. The molecule has 26 heavy (non-hydrogen) atoms. The first-order valence-electron chi connectivity index (χ1n) is 9.01. The zero-order chi connectivity index (χ0) is 18.6. The summed E-state index contributed by atoms with van der Waals surface area (Å²) in [5.41, 5.74) is 1.18. The van der Waals surface area contributed by atoms with Crippen LogP contribution in [0.2, 0.25) is 0 Å². The normalized spacial score (nSPS) is 11.6. The Balaban J connectivity index is 1.67. The number of rotatable bonds is 10. The third kappa shape index (κ3) is 7.61. The van der Waals surface area contributed by atoms with E-state index < -0.39 is 0 Å². The number of hydrogen-bond donors (Lipinski definition) is 2. The van der Waals surface area contributed by atoms with Gasteiger partial charge in [0.25, 0.3) is 0 Å². The van der Waals surface area contributed by atoms with Gasteiger partial charge in [-0.25, -0.2) is 0 Å². The number of nitrogens with zero attached hydrogens (tertiary/aromatic N) is 2. The van der Waals surface area contributed by atoms with Crippen molar-refractivity contribution in [3.05, 3.63) is 54.0 Å². The molecule has 0 amide bonds. The Bertz CT molecular complexity index is 636. The van der Waals surface area contributed by atoms with Crippen molar-refractivity contribution in [2.45, 2.75) is 19.4 Å². The van der Waals surface area contributed by atoms with Crippen LogP contribution >= 0.6 is 0 Å². The first kappa shape index (κ1) is 19.8. The van der Waals surface area contributed by atoms with Gasteiger partial charge in [0.1, 0.15) is 11.5 Å². The number of aliphatic imine (C=N–C) groups is 1. The Morgan fingerprint density at radius 2 is 1.96 bits per heavy atom. The quantitative estimate of drug-likeness (QED) is 0.388. The molecule has 2 aromatic rings. The van der Waals surface area contributed by atoms with E-state index in [1.165, 1.54) is 5.56 Å². The fraction of sp³-hybridized carbons (Fsp3) is 0.450. The van der Waals surface area contributed by atoms with Crippen LogP contribution in [0.3, 0.4) is 0 Å². The maximum absolute atomic E-state index is 5.75. The van der Waals surface area contributed by atoms with E-state index in [-0.39, 0.29) is 0 Å². The van der Waals surface area contributed by atoms with Crippen molar-refractivity contribution in [3.8, 4) is 5.75 Å². The zero-order valence-electron chi connectivity index (χ0n) is 16.0. The van der Waals surface area contributed by atoms with Gasteiger partial charge in [-0.15, -0.1) is 0 Å². The second-order valence-electron chi connectivity index (χ2n) is 6.33. The number of guanidine groups is 1. The standard InChI is InChI=1S/C20H30N4O2/c1-21-20(22-12-11-18-6-4-14-25-18)23-16-17-7-9-19(10-8-17)26-15-5-13-24(2)3/h4,6-10,14H,5,11-13,15-16H2,1-3H3,(H2,21,22,23). The van der Waals surface area contributed by atoms with Crippen molar-refractivity contribution < 1.29 is 9.15 Å². The molecule has 0 aliphatic rings. The minimum Gasteiger partial charge on any atom is -0.494 e. The van der Waals surface area contributed by atoms with Gasteiger partial charge in [-0.05, 0) is 50.3 Å². The van der Waals surface area contributed by atoms with Crippen LogP contribution in [0, 0.1) is 0 Å². The summed E-state index contributed by atoms with van der Waals surface area (Å²) >= 11 is 0. The molecule has 1 heterocycles. The highest BCUT2D eigenvalue weighted by atomic mass is 16.5. The second-order valence-corrected chi connectivity index (χ2v) is 6.33. The van der Waals surface area contributed by atoms with E-state index in [1.54, 1.807) is 13.3 Å². The summed E-state index contributed by atoms with van der Waals surface area (Å²) in [4.78, 5) is 6.40. The fourth-order valence-electron chi connectivity index (χ4n) is 2.44. The molecule has 6 heteroatoms. The Hall–Kier alpha value is -2.47. The summed E-state index contributed by atoms with van der Waals surface area (Å²) < 4.78 is 11.1. The minimum atomic E-state index is 0.710. The lowest BCUT2D eigenvalue weighted by Gasteiger charge is -2.12. The lowest BCUT2D eigenvalue weighted by molar-refractivity contribution is 0.281. The van der Waals surface area contributed by atoms with Crippen LogP contribution in [0.15, 0.2) is 52.1 Å². The molecule has 0 saturated carbocycles. The predicted octanol–water partition coefficient (Wildman–Crippen LogP) is 2.52. The van der Waals surface area contributed by atoms with Crippen LogP contribution in [-0.4, -0.2) is 51.7 Å². The Morgan fingerprint density at radius 3 is 2.62 bits per heavy atom. The molecule has 0 spiro atoms. The number of furan rings is 1. The van der Waals surface area contributed by atoms with Gasteiger partial charge in [0.05, 0.1) is 12.9 Å². The van der Waals surface area contributed by atoms with E-state index in [4.69, 9.17) is 9.15 Å². The van der Waals surface area contributed by atoms with Gasteiger partial charge in [0, 0.05) is 33.1 Å². The Morgan fingerprint density at radius 1 is 1.15 bits per heavy atom. The van der Waals surface area contributed by atoms with E-state index in [2.05, 4.69) is 46.8 Å². The smallest absolute Gasteiger partial charge is 0.191 e. The van der Waals surface area contributed by atoms with Crippen molar-refractivity contribution >= 4 is 5.96 Å². The van der Waals surface area contributed by atoms with Gasteiger partial charge in [-0.1, -0.05) is 12.1 Å². The highest BCUT2D eigenvalue weighted by Crippen LogP contribution is 2.12. The first-order chi connectivity index (χ1) is 12.7. The SMILES string of the molecule is CN=C(NCCc1ccco1)NCc1ccc(OCCCN(C)C)cc1. The third-order valence-electron chi connectivity index (χ3n) is 3.87. The topological polar surface area (TPSA) is 62.0 Å². The first-order valence-corrected chi connectivity index (χ1v) is 9.01. The molecule has 2 N–H and O–H groups in total. The molecule has 1 aromatic carbocycles. The highest BCUT2D eigenvalue weighted by Gasteiger charge is 2.01. The van der Waals surface area contributed by atoms with Crippen LogP contribution < -0.4 is 15.4 Å². The Labute approximate surface area is 156 Å². The fourth-order valence-corrected chi connectivity index (χ4v) is 2.44. The molecule has 0 radical (unpaired) electrons. The van der Waals surface area contributed by atoms with Crippen molar-refractivity contribution in [1.82, 2.24) is 15.5 Å². The average Bonchev–Trinajstić information content (AvgIpc) is 3.16. The van der Waals surface area contributed by atoms with Gasteiger partial charge in [0.15, 0.2) is 5.96 Å². The van der Waals surface area contributed by atoms with Crippen molar-refractivity contribution in [3.63, 3.8) is 0 Å². The highest BCUT2D eigenvalue weighted by molar-refractivity contribution is 5.79. The summed E-state index contributed by atoms with van der Waals surface area (Å²) in [6.07, 6.45) is 3.54. The van der Waals surface area contributed by atoms with Gasteiger partial charge in [0.2, 0.25) is 0 Å². The molecule has 2 rings (SSSR count). The summed E-state index contributed by atoms with van der Waals surface area (Å²) in [6, 6.07) is 12.0. The molecule has 0 aliphatic heterocycles. The zero-order valence-corrected chi connectivity index (χ0v) is 16.0. The molecule has 0 saturated heterocycles. The lowest BCUT2D eigenvalue weighted by Crippen LogP contribution is -2.37. The molecule has 1 aromatic heterocycles. The van der Waals surface area contributed by atoms with Crippen LogP contribution in [0.4, 0.5) is 0 Å². The Kier molecular flexibility index (Phi) is 8.55. The van der Waals surface area contributed by atoms with Gasteiger partial charge in [-0.3, -0.25) is 4.99 Å². The number of hydrogen-bond acceptors (Lipinski definition) is 4. The number of ether oxygens (including phenoxy) is 1. The summed E-state index contributed by atoms with van der Waals surface area (Å²) in [7, 11) is 5.91. The van der Waals surface area contributed by atoms with E-state index in [0.29, 0.717) is 6.54 Å². The molecule has 0 atom stereocenters.